The standard InChI is InChI=1S/C18H14O4/c1-11(15(19)12-7-3-2-4-8-12)18(22)16(20)13-9-5-6-10-14(13)17(18)21/h2-11,22H,1H3. The van der Waals surface area contributed by atoms with E-state index in [0.29, 0.717) is 5.56 Å². The lowest BCUT2D eigenvalue weighted by atomic mass is 9.79. The summed E-state index contributed by atoms with van der Waals surface area (Å²) in [7, 11) is 0. The van der Waals surface area contributed by atoms with Crippen molar-refractivity contribution in [3.63, 3.8) is 0 Å². The minimum Gasteiger partial charge on any atom is -0.373 e. The summed E-state index contributed by atoms with van der Waals surface area (Å²) in [5, 5.41) is 10.7. The number of hydrogen-bond acceptors (Lipinski definition) is 4. The molecule has 1 N–H and O–H groups in total. The first-order valence-electron chi connectivity index (χ1n) is 6.98. The van der Waals surface area contributed by atoms with Gasteiger partial charge in [-0.2, -0.15) is 0 Å². The fourth-order valence-corrected chi connectivity index (χ4v) is 2.83. The molecule has 0 spiro atoms. The van der Waals surface area contributed by atoms with Crippen LogP contribution in [0.15, 0.2) is 54.6 Å². The molecule has 0 radical (unpaired) electrons. The number of benzene rings is 2. The van der Waals surface area contributed by atoms with Crippen LogP contribution in [0.5, 0.6) is 0 Å². The molecule has 2 aromatic rings. The van der Waals surface area contributed by atoms with Gasteiger partial charge in [0.15, 0.2) is 5.78 Å². The van der Waals surface area contributed by atoms with Gasteiger partial charge in [0, 0.05) is 16.7 Å². The molecule has 0 aliphatic heterocycles. The van der Waals surface area contributed by atoms with Crippen molar-refractivity contribution >= 4 is 17.3 Å². The maximum absolute atomic E-state index is 12.5. The molecule has 110 valence electrons. The molecule has 22 heavy (non-hydrogen) atoms. The molecule has 1 atom stereocenters. The van der Waals surface area contributed by atoms with Gasteiger partial charge >= 0.3 is 0 Å². The Hall–Kier alpha value is -2.59. The van der Waals surface area contributed by atoms with Crippen LogP contribution in [-0.4, -0.2) is 28.1 Å². The van der Waals surface area contributed by atoms with Crippen LogP contribution in [0.1, 0.15) is 38.0 Å². The highest BCUT2D eigenvalue weighted by Crippen LogP contribution is 2.36. The molecule has 1 aliphatic carbocycles. The molecule has 2 aromatic carbocycles. The number of rotatable bonds is 3. The van der Waals surface area contributed by atoms with Crippen LogP contribution in [-0.2, 0) is 0 Å². The number of hydrogen-bond donors (Lipinski definition) is 1. The summed E-state index contributed by atoms with van der Waals surface area (Å²) in [6.45, 7) is 1.41. The molecule has 0 aromatic heterocycles. The van der Waals surface area contributed by atoms with Crippen molar-refractivity contribution in [2.75, 3.05) is 0 Å². The van der Waals surface area contributed by atoms with Crippen molar-refractivity contribution in [3.05, 3.63) is 71.3 Å². The number of fused-ring (bicyclic) bond motifs is 1. The fraction of sp³-hybridized carbons (Fsp3) is 0.167. The van der Waals surface area contributed by atoms with Crippen molar-refractivity contribution in [3.8, 4) is 0 Å². The van der Waals surface area contributed by atoms with Crippen LogP contribution in [0.2, 0.25) is 0 Å². The number of ketones is 3. The minimum atomic E-state index is -2.32. The quantitative estimate of drug-likeness (QED) is 0.696. The van der Waals surface area contributed by atoms with Crippen LogP contribution in [0.25, 0.3) is 0 Å². The normalized spacial score (nSPS) is 17.2. The van der Waals surface area contributed by atoms with Gasteiger partial charge in [-0.3, -0.25) is 14.4 Å². The Morgan fingerprint density at radius 2 is 1.36 bits per heavy atom. The van der Waals surface area contributed by atoms with Crippen LogP contribution in [0, 0.1) is 5.92 Å². The van der Waals surface area contributed by atoms with E-state index in [1.165, 1.54) is 19.1 Å². The zero-order valence-corrected chi connectivity index (χ0v) is 11.9. The second-order valence-corrected chi connectivity index (χ2v) is 5.42. The van der Waals surface area contributed by atoms with Gasteiger partial charge < -0.3 is 5.11 Å². The van der Waals surface area contributed by atoms with E-state index in [2.05, 4.69) is 0 Å². The summed E-state index contributed by atoms with van der Waals surface area (Å²) in [5.41, 5.74) is -1.62. The third-order valence-corrected chi connectivity index (χ3v) is 4.19. The van der Waals surface area contributed by atoms with Crippen LogP contribution in [0.3, 0.4) is 0 Å². The first-order chi connectivity index (χ1) is 10.5. The average Bonchev–Trinajstić information content (AvgIpc) is 2.77. The summed E-state index contributed by atoms with van der Waals surface area (Å²) in [6, 6.07) is 14.6. The molecule has 0 saturated heterocycles. The number of carbonyl (C=O) groups excluding carboxylic acids is 3. The predicted octanol–water partition coefficient (Wildman–Crippen LogP) is 2.32. The van der Waals surface area contributed by atoms with E-state index in [-0.39, 0.29) is 11.1 Å². The lowest BCUT2D eigenvalue weighted by Gasteiger charge is -2.25. The minimum absolute atomic E-state index is 0.169. The second-order valence-electron chi connectivity index (χ2n) is 5.42. The van der Waals surface area contributed by atoms with E-state index in [1.54, 1.807) is 42.5 Å². The van der Waals surface area contributed by atoms with Crippen LogP contribution < -0.4 is 0 Å². The molecule has 3 rings (SSSR count). The molecule has 1 unspecified atom stereocenters. The van der Waals surface area contributed by atoms with Crippen LogP contribution >= 0.6 is 0 Å². The predicted molar refractivity (Wildman–Crippen MR) is 80.0 cm³/mol. The van der Waals surface area contributed by atoms with E-state index in [9.17, 15) is 19.5 Å². The van der Waals surface area contributed by atoms with Gasteiger partial charge in [0.1, 0.15) is 0 Å². The zero-order valence-electron chi connectivity index (χ0n) is 11.9. The van der Waals surface area contributed by atoms with Gasteiger partial charge in [-0.15, -0.1) is 0 Å². The van der Waals surface area contributed by atoms with Gasteiger partial charge in [-0.1, -0.05) is 61.5 Å². The number of carbonyl (C=O) groups is 3. The molecule has 0 saturated carbocycles. The summed E-state index contributed by atoms with van der Waals surface area (Å²) < 4.78 is 0. The Kier molecular flexibility index (Phi) is 3.26. The van der Waals surface area contributed by atoms with Crippen molar-refractivity contribution in [1.29, 1.82) is 0 Å². The Balaban J connectivity index is 2.03. The van der Waals surface area contributed by atoms with Crippen molar-refractivity contribution in [2.45, 2.75) is 12.5 Å². The third-order valence-electron chi connectivity index (χ3n) is 4.19. The van der Waals surface area contributed by atoms with Gasteiger partial charge in [-0.05, 0) is 0 Å². The Bertz CT molecular complexity index is 742. The van der Waals surface area contributed by atoms with E-state index in [4.69, 9.17) is 0 Å². The summed E-state index contributed by atoms with van der Waals surface area (Å²) in [6.07, 6.45) is 0. The van der Waals surface area contributed by atoms with Gasteiger partial charge in [-0.25, -0.2) is 0 Å². The first-order valence-corrected chi connectivity index (χ1v) is 6.98. The molecule has 1 aliphatic rings. The molecule has 0 fully saturated rings. The van der Waals surface area contributed by atoms with Crippen molar-refractivity contribution in [2.24, 2.45) is 5.92 Å². The SMILES string of the molecule is CC(C(=O)c1ccccc1)C1(O)C(=O)c2ccccc2C1=O. The number of Topliss-reactive ketones (excluding diaryl/α,β-unsaturated/α-hetero) is 3. The third kappa shape index (κ3) is 1.84. The van der Waals surface area contributed by atoms with Gasteiger partial charge in [0.25, 0.3) is 0 Å². The molecule has 0 bridgehead atoms. The lowest BCUT2D eigenvalue weighted by Crippen LogP contribution is -2.50. The summed E-state index contributed by atoms with van der Waals surface area (Å²) in [5.74, 6) is -2.99. The fourth-order valence-electron chi connectivity index (χ4n) is 2.83. The number of aliphatic hydroxyl groups is 1. The summed E-state index contributed by atoms with van der Waals surface area (Å²) in [4.78, 5) is 37.5. The lowest BCUT2D eigenvalue weighted by molar-refractivity contribution is 0.0132. The monoisotopic (exact) mass is 294 g/mol. The largest absolute Gasteiger partial charge is 0.373 e. The van der Waals surface area contributed by atoms with Gasteiger partial charge in [0.2, 0.25) is 17.2 Å². The smallest absolute Gasteiger partial charge is 0.203 e. The van der Waals surface area contributed by atoms with Crippen molar-refractivity contribution in [1.82, 2.24) is 0 Å². The van der Waals surface area contributed by atoms with E-state index >= 15 is 0 Å². The Labute approximate surface area is 127 Å². The molecular formula is C18H14O4. The highest BCUT2D eigenvalue weighted by atomic mass is 16.3. The summed E-state index contributed by atoms with van der Waals surface area (Å²) >= 11 is 0. The molecule has 0 heterocycles. The maximum Gasteiger partial charge on any atom is 0.203 e. The molecular weight excluding hydrogens is 280 g/mol. The van der Waals surface area contributed by atoms with Crippen molar-refractivity contribution < 1.29 is 19.5 Å². The zero-order chi connectivity index (χ0) is 15.9. The van der Waals surface area contributed by atoms with E-state index in [0.717, 1.165) is 0 Å². The second kappa shape index (κ2) is 5.00. The molecule has 4 heteroatoms. The Morgan fingerprint density at radius 3 is 1.86 bits per heavy atom. The maximum atomic E-state index is 12.5. The topological polar surface area (TPSA) is 71.4 Å². The average molecular weight is 294 g/mol. The Morgan fingerprint density at radius 1 is 0.909 bits per heavy atom. The molecule has 0 amide bonds. The highest BCUT2D eigenvalue weighted by molar-refractivity contribution is 6.33. The van der Waals surface area contributed by atoms with E-state index < -0.39 is 28.9 Å². The highest BCUT2D eigenvalue weighted by Gasteiger charge is 2.57. The first kappa shape index (κ1) is 14.4. The molecule has 4 nitrogen and oxygen atoms in total. The van der Waals surface area contributed by atoms with Gasteiger partial charge in [0.05, 0.1) is 5.92 Å². The van der Waals surface area contributed by atoms with E-state index in [1.807, 2.05) is 0 Å². The van der Waals surface area contributed by atoms with Crippen LogP contribution in [0.4, 0.5) is 0 Å².